The molecule has 2 rings (SSSR count). The number of aryl methyl sites for hydroxylation is 1. The molecule has 1 saturated heterocycles. The maximum atomic E-state index is 6.11. The van der Waals surface area contributed by atoms with Crippen LogP contribution in [0.3, 0.4) is 0 Å². The van der Waals surface area contributed by atoms with Crippen molar-refractivity contribution in [3.63, 3.8) is 0 Å². The van der Waals surface area contributed by atoms with Crippen molar-refractivity contribution >= 4 is 11.6 Å². The first-order valence-electron chi connectivity index (χ1n) is 5.12. The summed E-state index contributed by atoms with van der Waals surface area (Å²) in [7, 11) is 0. The van der Waals surface area contributed by atoms with Gasteiger partial charge in [-0.2, -0.15) is 5.10 Å². The Morgan fingerprint density at radius 1 is 1.50 bits per heavy atom. The smallest absolute Gasteiger partial charge is 0.0844 e. The molecule has 1 N–H and O–H groups in total. The molecule has 4 heteroatoms. The van der Waals surface area contributed by atoms with Crippen LogP contribution in [0.2, 0.25) is 5.02 Å². The SMILES string of the molecule is Cc1nn(C2CCCNC2)c(C)c1Cl. The fraction of sp³-hybridized carbons (Fsp3) is 0.700. The molecule has 0 aliphatic carbocycles. The van der Waals surface area contributed by atoms with E-state index in [1.165, 1.54) is 12.8 Å². The van der Waals surface area contributed by atoms with E-state index in [2.05, 4.69) is 15.1 Å². The van der Waals surface area contributed by atoms with Crippen LogP contribution >= 0.6 is 11.6 Å². The quantitative estimate of drug-likeness (QED) is 0.774. The van der Waals surface area contributed by atoms with Crippen LogP contribution in [0.15, 0.2) is 0 Å². The zero-order valence-corrected chi connectivity index (χ0v) is 9.43. The number of hydrogen-bond donors (Lipinski definition) is 1. The van der Waals surface area contributed by atoms with Crippen LogP contribution in [0.4, 0.5) is 0 Å². The molecule has 1 aliphatic heterocycles. The van der Waals surface area contributed by atoms with E-state index in [9.17, 15) is 0 Å². The second kappa shape index (κ2) is 3.91. The molecule has 0 aromatic carbocycles. The molecule has 1 atom stereocenters. The molecule has 2 heterocycles. The lowest BCUT2D eigenvalue weighted by atomic mass is 10.1. The van der Waals surface area contributed by atoms with E-state index in [0.29, 0.717) is 6.04 Å². The maximum Gasteiger partial charge on any atom is 0.0844 e. The molecule has 1 aromatic heterocycles. The van der Waals surface area contributed by atoms with Gasteiger partial charge in [0.2, 0.25) is 0 Å². The normalized spacial score (nSPS) is 22.6. The number of nitrogens with one attached hydrogen (secondary N) is 1. The largest absolute Gasteiger partial charge is 0.315 e. The monoisotopic (exact) mass is 213 g/mol. The number of aromatic nitrogens is 2. The van der Waals surface area contributed by atoms with Gasteiger partial charge in [0.15, 0.2) is 0 Å². The van der Waals surface area contributed by atoms with Crippen LogP contribution in [0.1, 0.15) is 30.3 Å². The summed E-state index contributed by atoms with van der Waals surface area (Å²) in [5.41, 5.74) is 2.03. The van der Waals surface area contributed by atoms with Gasteiger partial charge < -0.3 is 5.32 Å². The fourth-order valence-electron chi connectivity index (χ4n) is 2.04. The summed E-state index contributed by atoms with van der Waals surface area (Å²) in [5, 5.41) is 8.68. The van der Waals surface area contributed by atoms with Crippen molar-refractivity contribution in [1.29, 1.82) is 0 Å². The molecule has 1 aromatic rings. The fourth-order valence-corrected chi connectivity index (χ4v) is 2.16. The Hall–Kier alpha value is -0.540. The van der Waals surface area contributed by atoms with Gasteiger partial charge in [-0.3, -0.25) is 4.68 Å². The Balaban J connectivity index is 2.26. The zero-order valence-electron chi connectivity index (χ0n) is 8.68. The number of nitrogens with zero attached hydrogens (tertiary/aromatic N) is 2. The van der Waals surface area contributed by atoms with Crippen molar-refractivity contribution < 1.29 is 0 Å². The summed E-state index contributed by atoms with van der Waals surface area (Å²) < 4.78 is 2.07. The molecule has 0 spiro atoms. The highest BCUT2D eigenvalue weighted by molar-refractivity contribution is 6.31. The second-order valence-corrected chi connectivity index (χ2v) is 4.31. The standard InChI is InChI=1S/C10H16ClN3/c1-7-10(11)8(2)14(13-7)9-4-3-5-12-6-9/h9,12H,3-6H2,1-2H3. The first-order valence-corrected chi connectivity index (χ1v) is 5.50. The van der Waals surface area contributed by atoms with Gasteiger partial charge in [0, 0.05) is 6.54 Å². The first kappa shape index (κ1) is 9.99. The summed E-state index contributed by atoms with van der Waals surface area (Å²) in [6, 6.07) is 0.481. The molecule has 0 bridgehead atoms. The molecular formula is C10H16ClN3. The molecule has 78 valence electrons. The lowest BCUT2D eigenvalue weighted by Crippen LogP contribution is -2.32. The molecule has 3 nitrogen and oxygen atoms in total. The summed E-state index contributed by atoms with van der Waals surface area (Å²) in [5.74, 6) is 0. The van der Waals surface area contributed by atoms with Crippen molar-refractivity contribution in [3.05, 3.63) is 16.4 Å². The highest BCUT2D eigenvalue weighted by atomic mass is 35.5. The topological polar surface area (TPSA) is 29.9 Å². The predicted molar refractivity (Wildman–Crippen MR) is 57.9 cm³/mol. The van der Waals surface area contributed by atoms with E-state index in [1.807, 2.05) is 13.8 Å². The van der Waals surface area contributed by atoms with E-state index in [-0.39, 0.29) is 0 Å². The van der Waals surface area contributed by atoms with Gasteiger partial charge in [-0.15, -0.1) is 0 Å². The molecule has 14 heavy (non-hydrogen) atoms. The average molecular weight is 214 g/mol. The second-order valence-electron chi connectivity index (χ2n) is 3.93. The Bertz CT molecular complexity index is 326. The van der Waals surface area contributed by atoms with Gasteiger partial charge >= 0.3 is 0 Å². The minimum absolute atomic E-state index is 0.481. The summed E-state index contributed by atoms with van der Waals surface area (Å²) in [4.78, 5) is 0. The Morgan fingerprint density at radius 3 is 2.79 bits per heavy atom. The number of rotatable bonds is 1. The van der Waals surface area contributed by atoms with Crippen LogP contribution < -0.4 is 5.32 Å². The Morgan fingerprint density at radius 2 is 2.29 bits per heavy atom. The molecule has 1 fully saturated rings. The van der Waals surface area contributed by atoms with Crippen molar-refractivity contribution in [2.45, 2.75) is 32.7 Å². The Kier molecular flexibility index (Phi) is 2.79. The van der Waals surface area contributed by atoms with Crippen molar-refractivity contribution in [2.24, 2.45) is 0 Å². The number of halogens is 1. The maximum absolute atomic E-state index is 6.11. The van der Waals surface area contributed by atoms with Gasteiger partial charge in [-0.25, -0.2) is 0 Å². The van der Waals surface area contributed by atoms with E-state index in [4.69, 9.17) is 11.6 Å². The third kappa shape index (κ3) is 1.66. The number of piperidine rings is 1. The van der Waals surface area contributed by atoms with Crippen molar-refractivity contribution in [3.8, 4) is 0 Å². The van der Waals surface area contributed by atoms with Crippen LogP contribution in [0.25, 0.3) is 0 Å². The number of hydrogen-bond acceptors (Lipinski definition) is 2. The van der Waals surface area contributed by atoms with Crippen LogP contribution in [-0.2, 0) is 0 Å². The van der Waals surface area contributed by atoms with Gasteiger partial charge in [-0.1, -0.05) is 11.6 Å². The van der Waals surface area contributed by atoms with Gasteiger partial charge in [0.05, 0.1) is 22.5 Å². The highest BCUT2D eigenvalue weighted by Gasteiger charge is 2.19. The lowest BCUT2D eigenvalue weighted by molar-refractivity contribution is 0.341. The average Bonchev–Trinajstić information content (AvgIpc) is 2.47. The zero-order chi connectivity index (χ0) is 10.1. The molecule has 1 aliphatic rings. The van der Waals surface area contributed by atoms with Crippen molar-refractivity contribution in [1.82, 2.24) is 15.1 Å². The van der Waals surface area contributed by atoms with E-state index >= 15 is 0 Å². The highest BCUT2D eigenvalue weighted by Crippen LogP contribution is 2.25. The van der Waals surface area contributed by atoms with Gasteiger partial charge in [0.25, 0.3) is 0 Å². The van der Waals surface area contributed by atoms with Gasteiger partial charge in [-0.05, 0) is 33.2 Å². The predicted octanol–water partition coefficient (Wildman–Crippen LogP) is 2.08. The van der Waals surface area contributed by atoms with Crippen LogP contribution in [0, 0.1) is 13.8 Å². The summed E-state index contributed by atoms with van der Waals surface area (Å²) in [6.45, 7) is 6.14. The molecule has 0 saturated carbocycles. The molecule has 1 unspecified atom stereocenters. The van der Waals surface area contributed by atoms with Crippen molar-refractivity contribution in [2.75, 3.05) is 13.1 Å². The minimum Gasteiger partial charge on any atom is -0.315 e. The molecule has 0 amide bonds. The van der Waals surface area contributed by atoms with E-state index < -0.39 is 0 Å². The first-order chi connectivity index (χ1) is 6.70. The van der Waals surface area contributed by atoms with Crippen LogP contribution in [0.5, 0.6) is 0 Å². The molecule has 0 radical (unpaired) electrons. The third-order valence-corrected chi connectivity index (χ3v) is 3.40. The third-order valence-electron chi connectivity index (χ3n) is 2.85. The van der Waals surface area contributed by atoms with E-state index in [1.54, 1.807) is 0 Å². The minimum atomic E-state index is 0.481. The summed E-state index contributed by atoms with van der Waals surface area (Å²) in [6.07, 6.45) is 2.42. The van der Waals surface area contributed by atoms with E-state index in [0.717, 1.165) is 29.5 Å². The van der Waals surface area contributed by atoms with Gasteiger partial charge in [0.1, 0.15) is 0 Å². The summed E-state index contributed by atoms with van der Waals surface area (Å²) >= 11 is 6.11. The Labute approximate surface area is 89.4 Å². The van der Waals surface area contributed by atoms with Crippen LogP contribution in [-0.4, -0.2) is 22.9 Å². The molecular weight excluding hydrogens is 198 g/mol. The lowest BCUT2D eigenvalue weighted by Gasteiger charge is -2.24.